The van der Waals surface area contributed by atoms with Crippen LogP contribution in [0.5, 0.6) is 0 Å². The monoisotopic (exact) mass is 306 g/mol. The average Bonchev–Trinajstić information content (AvgIpc) is 2.28. The van der Waals surface area contributed by atoms with Gasteiger partial charge < -0.3 is 0 Å². The van der Waals surface area contributed by atoms with Gasteiger partial charge in [-0.25, -0.2) is 13.1 Å². The Morgan fingerprint density at radius 2 is 2.17 bits per heavy atom. The molecule has 18 heavy (non-hydrogen) atoms. The zero-order chi connectivity index (χ0) is 13.8. The molecule has 8 heteroatoms. The number of hydrogen-bond donors (Lipinski definition) is 1. The summed E-state index contributed by atoms with van der Waals surface area (Å²) in [6.07, 6.45) is 1.49. The molecule has 5 nitrogen and oxygen atoms in total. The van der Waals surface area contributed by atoms with Crippen LogP contribution in [0.4, 0.5) is 0 Å². The van der Waals surface area contributed by atoms with Gasteiger partial charge in [-0.2, -0.15) is 5.26 Å². The standard InChI is InChI=1S/C10H11ClN2O3S2/c1-17(14)5-4-13-18(15,16)9-3-2-8(7-12)10(11)6-9/h2-3,6,13H,4-5H2,1H3. The van der Waals surface area contributed by atoms with Gasteiger partial charge in [0.05, 0.1) is 15.5 Å². The van der Waals surface area contributed by atoms with Crippen molar-refractivity contribution in [1.29, 1.82) is 5.26 Å². The van der Waals surface area contributed by atoms with E-state index in [1.54, 1.807) is 0 Å². The molecule has 0 bridgehead atoms. The predicted molar refractivity (Wildman–Crippen MR) is 70.3 cm³/mol. The van der Waals surface area contributed by atoms with Crippen LogP contribution in [0.15, 0.2) is 23.1 Å². The van der Waals surface area contributed by atoms with Crippen molar-refractivity contribution >= 4 is 32.4 Å². The van der Waals surface area contributed by atoms with Crippen molar-refractivity contribution < 1.29 is 12.6 Å². The van der Waals surface area contributed by atoms with Gasteiger partial charge >= 0.3 is 0 Å². The smallest absolute Gasteiger partial charge is 0.240 e. The Bertz CT molecular complexity index is 608. The molecule has 1 rings (SSSR count). The third-order valence-electron chi connectivity index (χ3n) is 2.05. The highest BCUT2D eigenvalue weighted by Crippen LogP contribution is 2.19. The number of benzene rings is 1. The third-order valence-corrected chi connectivity index (χ3v) is 4.60. The summed E-state index contributed by atoms with van der Waals surface area (Å²) in [5.74, 6) is 0.239. The average molecular weight is 307 g/mol. The van der Waals surface area contributed by atoms with Gasteiger partial charge in [0.25, 0.3) is 0 Å². The van der Waals surface area contributed by atoms with Crippen LogP contribution in [0, 0.1) is 11.3 Å². The van der Waals surface area contributed by atoms with Crippen LogP contribution >= 0.6 is 11.6 Å². The SMILES string of the molecule is CS(=O)CCNS(=O)(=O)c1ccc(C#N)c(Cl)c1. The molecule has 1 unspecified atom stereocenters. The lowest BCUT2D eigenvalue weighted by Crippen LogP contribution is -2.27. The normalized spacial score (nSPS) is 12.9. The zero-order valence-corrected chi connectivity index (χ0v) is 11.9. The summed E-state index contributed by atoms with van der Waals surface area (Å²) < 4.78 is 36.8. The minimum atomic E-state index is -3.68. The van der Waals surface area contributed by atoms with Gasteiger partial charge in [-0.1, -0.05) is 11.6 Å². The first kappa shape index (κ1) is 15.1. The summed E-state index contributed by atoms with van der Waals surface area (Å²) in [5, 5.41) is 8.76. The van der Waals surface area contributed by atoms with Crippen LogP contribution in [0.25, 0.3) is 0 Å². The van der Waals surface area contributed by atoms with Crippen LogP contribution in [0.2, 0.25) is 5.02 Å². The van der Waals surface area contributed by atoms with E-state index in [1.807, 2.05) is 6.07 Å². The fourth-order valence-corrected chi connectivity index (χ4v) is 3.02. The molecule has 0 heterocycles. The maximum atomic E-state index is 11.8. The molecule has 0 aromatic heterocycles. The lowest BCUT2D eigenvalue weighted by atomic mass is 10.2. The van der Waals surface area contributed by atoms with Crippen molar-refractivity contribution in [2.45, 2.75) is 4.90 Å². The van der Waals surface area contributed by atoms with Crippen LogP contribution in [0.1, 0.15) is 5.56 Å². The largest absolute Gasteiger partial charge is 0.260 e. The summed E-state index contributed by atoms with van der Waals surface area (Å²) in [5.41, 5.74) is 0.213. The van der Waals surface area contributed by atoms with Crippen LogP contribution in [0.3, 0.4) is 0 Å². The van der Waals surface area contributed by atoms with E-state index >= 15 is 0 Å². The number of halogens is 1. The van der Waals surface area contributed by atoms with Crippen LogP contribution in [-0.4, -0.2) is 31.2 Å². The van der Waals surface area contributed by atoms with E-state index in [0.29, 0.717) is 0 Å². The van der Waals surface area contributed by atoms with Gasteiger partial charge in [-0.05, 0) is 18.2 Å². The first-order chi connectivity index (χ1) is 8.36. The molecule has 0 fully saturated rings. The Kier molecular flexibility index (Phi) is 5.28. The quantitative estimate of drug-likeness (QED) is 0.874. The van der Waals surface area contributed by atoms with Crippen molar-refractivity contribution in [2.75, 3.05) is 18.6 Å². The number of hydrogen-bond acceptors (Lipinski definition) is 4. The minimum Gasteiger partial charge on any atom is -0.260 e. The molecule has 0 amide bonds. The number of nitrogens with one attached hydrogen (secondary N) is 1. The second-order valence-corrected chi connectivity index (χ2v) is 7.16. The molecular weight excluding hydrogens is 296 g/mol. The molecule has 1 aromatic carbocycles. The van der Waals surface area contributed by atoms with E-state index in [4.69, 9.17) is 16.9 Å². The van der Waals surface area contributed by atoms with E-state index in [1.165, 1.54) is 24.5 Å². The molecule has 98 valence electrons. The number of sulfonamides is 1. The Balaban J connectivity index is 2.89. The summed E-state index contributed by atoms with van der Waals surface area (Å²) in [7, 11) is -4.74. The number of nitrogens with zero attached hydrogens (tertiary/aromatic N) is 1. The number of rotatable bonds is 5. The molecule has 0 radical (unpaired) electrons. The molecule has 1 aromatic rings. The molecular formula is C10H11ClN2O3S2. The summed E-state index contributed by atoms with van der Waals surface area (Å²) in [4.78, 5) is -0.0200. The first-order valence-corrected chi connectivity index (χ1v) is 8.45. The van der Waals surface area contributed by atoms with Gasteiger partial charge in [0.15, 0.2) is 0 Å². The van der Waals surface area contributed by atoms with Crippen molar-refractivity contribution in [3.05, 3.63) is 28.8 Å². The van der Waals surface area contributed by atoms with Crippen LogP contribution in [-0.2, 0) is 20.8 Å². The predicted octanol–water partition coefficient (Wildman–Crippen LogP) is 0.868. The van der Waals surface area contributed by atoms with E-state index in [2.05, 4.69) is 4.72 Å². The molecule has 1 atom stereocenters. The topological polar surface area (TPSA) is 87.0 Å². The van der Waals surface area contributed by atoms with Gasteiger partial charge in [-0.15, -0.1) is 0 Å². The molecule has 0 aliphatic carbocycles. The molecule has 0 aliphatic heterocycles. The van der Waals surface area contributed by atoms with Gasteiger partial charge in [0, 0.05) is 29.4 Å². The second-order valence-electron chi connectivity index (χ2n) is 3.43. The van der Waals surface area contributed by atoms with Crippen molar-refractivity contribution in [3.8, 4) is 6.07 Å². The highest BCUT2D eigenvalue weighted by Gasteiger charge is 2.15. The maximum absolute atomic E-state index is 11.8. The highest BCUT2D eigenvalue weighted by molar-refractivity contribution is 7.89. The summed E-state index contributed by atoms with van der Waals surface area (Å²) in [6, 6.07) is 5.70. The Morgan fingerprint density at radius 1 is 1.50 bits per heavy atom. The number of nitriles is 1. The summed E-state index contributed by atoms with van der Waals surface area (Å²) >= 11 is 5.76. The maximum Gasteiger partial charge on any atom is 0.240 e. The Labute approximate surface area is 113 Å². The van der Waals surface area contributed by atoms with Gasteiger partial charge in [0.1, 0.15) is 6.07 Å². The second kappa shape index (κ2) is 6.29. The summed E-state index contributed by atoms with van der Waals surface area (Å²) in [6.45, 7) is 0.0864. The van der Waals surface area contributed by atoms with Gasteiger partial charge in [-0.3, -0.25) is 4.21 Å². The van der Waals surface area contributed by atoms with E-state index in [0.717, 1.165) is 0 Å². The first-order valence-electron chi connectivity index (χ1n) is 4.86. The van der Waals surface area contributed by atoms with Crippen molar-refractivity contribution in [2.24, 2.45) is 0 Å². The molecule has 0 saturated heterocycles. The molecule has 1 N–H and O–H groups in total. The fraction of sp³-hybridized carbons (Fsp3) is 0.300. The lowest BCUT2D eigenvalue weighted by molar-refractivity contribution is 0.584. The van der Waals surface area contributed by atoms with Crippen molar-refractivity contribution in [3.63, 3.8) is 0 Å². The zero-order valence-electron chi connectivity index (χ0n) is 9.51. The third kappa shape index (κ3) is 4.07. The minimum absolute atomic E-state index is 0.0200. The van der Waals surface area contributed by atoms with Crippen molar-refractivity contribution in [1.82, 2.24) is 4.72 Å². The molecule has 0 spiro atoms. The Morgan fingerprint density at radius 3 is 2.67 bits per heavy atom. The van der Waals surface area contributed by atoms with E-state index < -0.39 is 20.8 Å². The molecule has 0 saturated carbocycles. The van der Waals surface area contributed by atoms with E-state index in [9.17, 15) is 12.6 Å². The van der Waals surface area contributed by atoms with Crippen LogP contribution < -0.4 is 4.72 Å². The molecule has 0 aliphatic rings. The highest BCUT2D eigenvalue weighted by atomic mass is 35.5. The Hall–Kier alpha value is -0.940. The lowest BCUT2D eigenvalue weighted by Gasteiger charge is -2.06. The van der Waals surface area contributed by atoms with Gasteiger partial charge in [0.2, 0.25) is 10.0 Å². The van der Waals surface area contributed by atoms with E-state index in [-0.39, 0.29) is 27.8 Å². The fourth-order valence-electron chi connectivity index (χ4n) is 1.16.